The van der Waals surface area contributed by atoms with Crippen LogP contribution in [-0.4, -0.2) is 22.8 Å². The van der Waals surface area contributed by atoms with Gasteiger partial charge in [-0.15, -0.1) is 0 Å². The number of carbonyl (C=O) groups excluding carboxylic acids is 1. The molecule has 3 heteroatoms. The van der Waals surface area contributed by atoms with Gasteiger partial charge in [0.15, 0.2) is 0 Å². The molecule has 0 aliphatic carbocycles. The molecule has 1 aromatic rings. The smallest absolute Gasteiger partial charge is 0.146 e. The summed E-state index contributed by atoms with van der Waals surface area (Å²) in [6.45, 7) is 5.39. The topological polar surface area (TPSA) is 20.3 Å². The highest BCUT2D eigenvalue weighted by Crippen LogP contribution is 2.27. The second-order valence-corrected chi connectivity index (χ2v) is 5.34. The lowest BCUT2D eigenvalue weighted by atomic mass is 9.89. The van der Waals surface area contributed by atoms with Crippen molar-refractivity contribution in [1.82, 2.24) is 4.90 Å². The first-order chi connectivity index (χ1) is 7.97. The Morgan fingerprint density at radius 2 is 2.18 bits per heavy atom. The number of ketones is 1. The molecule has 0 amide bonds. The van der Waals surface area contributed by atoms with Crippen molar-refractivity contribution in [2.24, 2.45) is 0 Å². The van der Waals surface area contributed by atoms with Gasteiger partial charge in [0.1, 0.15) is 11.6 Å². The van der Waals surface area contributed by atoms with Crippen LogP contribution in [0.25, 0.3) is 0 Å². The average molecular weight is 235 g/mol. The number of carbonyl (C=O) groups is 1. The highest BCUT2D eigenvalue weighted by atomic mass is 19.1. The van der Waals surface area contributed by atoms with Gasteiger partial charge in [-0.2, -0.15) is 0 Å². The van der Waals surface area contributed by atoms with Crippen molar-refractivity contribution in [3.05, 3.63) is 35.6 Å². The highest BCUT2D eigenvalue weighted by Gasteiger charge is 2.32. The first kappa shape index (κ1) is 12.2. The minimum Gasteiger partial charge on any atom is -0.298 e. The summed E-state index contributed by atoms with van der Waals surface area (Å²) >= 11 is 0. The number of hydrogen-bond acceptors (Lipinski definition) is 2. The number of halogens is 1. The molecule has 1 fully saturated rings. The van der Waals surface area contributed by atoms with Crippen LogP contribution in [0.15, 0.2) is 24.3 Å². The van der Waals surface area contributed by atoms with Gasteiger partial charge in [0, 0.05) is 18.5 Å². The van der Waals surface area contributed by atoms with Crippen LogP contribution in [0.2, 0.25) is 0 Å². The molecule has 0 atom stereocenters. The number of Topliss-reactive ketones (excluding diaryl/α,β-unsaturated/α-hetero) is 1. The number of piperidine rings is 1. The summed E-state index contributed by atoms with van der Waals surface area (Å²) in [5, 5.41) is 0. The number of rotatable bonds is 2. The van der Waals surface area contributed by atoms with Gasteiger partial charge < -0.3 is 0 Å². The van der Waals surface area contributed by atoms with Gasteiger partial charge in [0.05, 0.1) is 6.54 Å². The number of benzene rings is 1. The van der Waals surface area contributed by atoms with E-state index >= 15 is 0 Å². The van der Waals surface area contributed by atoms with E-state index in [0.717, 1.165) is 12.0 Å². The van der Waals surface area contributed by atoms with E-state index in [1.807, 2.05) is 6.07 Å². The maximum atomic E-state index is 13.1. The Morgan fingerprint density at radius 3 is 2.88 bits per heavy atom. The first-order valence-corrected chi connectivity index (χ1v) is 5.98. The Kier molecular flexibility index (Phi) is 3.29. The second-order valence-electron chi connectivity index (χ2n) is 5.34. The largest absolute Gasteiger partial charge is 0.298 e. The zero-order valence-electron chi connectivity index (χ0n) is 10.4. The Labute approximate surface area is 101 Å². The van der Waals surface area contributed by atoms with Crippen molar-refractivity contribution in [2.75, 3.05) is 6.54 Å². The summed E-state index contributed by atoms with van der Waals surface area (Å²) in [5.41, 5.74) is 0.938. The van der Waals surface area contributed by atoms with Gasteiger partial charge in [-0.1, -0.05) is 12.1 Å². The van der Waals surface area contributed by atoms with Crippen molar-refractivity contribution in [3.8, 4) is 0 Å². The van der Waals surface area contributed by atoms with E-state index in [0.29, 0.717) is 19.5 Å². The van der Waals surface area contributed by atoms with Gasteiger partial charge in [-0.25, -0.2) is 4.39 Å². The van der Waals surface area contributed by atoms with Gasteiger partial charge in [0.2, 0.25) is 0 Å². The maximum absolute atomic E-state index is 13.1. The summed E-state index contributed by atoms with van der Waals surface area (Å²) < 4.78 is 13.1. The summed E-state index contributed by atoms with van der Waals surface area (Å²) in [5.74, 6) is 0.0596. The van der Waals surface area contributed by atoms with Crippen LogP contribution in [0.5, 0.6) is 0 Å². The third-order valence-electron chi connectivity index (χ3n) is 3.50. The lowest BCUT2D eigenvalue weighted by Gasteiger charge is -2.41. The van der Waals surface area contributed by atoms with Gasteiger partial charge >= 0.3 is 0 Å². The molecule has 1 aliphatic heterocycles. The molecule has 0 radical (unpaired) electrons. The number of likely N-dealkylation sites (tertiary alicyclic amines) is 1. The summed E-state index contributed by atoms with van der Waals surface area (Å²) in [7, 11) is 0. The normalized spacial score (nSPS) is 20.5. The molecule has 1 heterocycles. The molecule has 17 heavy (non-hydrogen) atoms. The molecule has 0 aromatic heterocycles. The lowest BCUT2D eigenvalue weighted by Crippen LogP contribution is -2.50. The summed E-state index contributed by atoms with van der Waals surface area (Å²) in [6.07, 6.45) is 1.54. The lowest BCUT2D eigenvalue weighted by molar-refractivity contribution is -0.126. The fraction of sp³-hybridized carbons (Fsp3) is 0.500. The maximum Gasteiger partial charge on any atom is 0.146 e. The quantitative estimate of drug-likeness (QED) is 0.785. The van der Waals surface area contributed by atoms with Crippen LogP contribution >= 0.6 is 0 Å². The molecule has 2 nitrogen and oxygen atoms in total. The van der Waals surface area contributed by atoms with Crippen LogP contribution in [0, 0.1) is 5.82 Å². The fourth-order valence-electron chi connectivity index (χ4n) is 2.24. The van der Waals surface area contributed by atoms with E-state index in [1.54, 1.807) is 6.07 Å². The SMILES string of the molecule is CC1(C)CCC(=O)CN1Cc1cccc(F)c1. The van der Waals surface area contributed by atoms with Crippen molar-refractivity contribution in [1.29, 1.82) is 0 Å². The number of nitrogens with zero attached hydrogens (tertiary/aromatic N) is 1. The van der Waals surface area contributed by atoms with Crippen LogP contribution in [-0.2, 0) is 11.3 Å². The minimum atomic E-state index is -0.219. The molecular formula is C14H18FNO. The monoisotopic (exact) mass is 235 g/mol. The zero-order chi connectivity index (χ0) is 12.5. The first-order valence-electron chi connectivity index (χ1n) is 5.98. The standard InChI is InChI=1S/C14H18FNO/c1-14(2)7-6-13(17)10-16(14)9-11-4-3-5-12(15)8-11/h3-5,8H,6-7,9-10H2,1-2H3. The summed E-state index contributed by atoms with van der Waals surface area (Å²) in [6, 6.07) is 6.59. The molecular weight excluding hydrogens is 217 g/mol. The molecule has 1 aliphatic rings. The molecule has 2 rings (SSSR count). The van der Waals surface area contributed by atoms with E-state index in [9.17, 15) is 9.18 Å². The van der Waals surface area contributed by atoms with Crippen LogP contribution < -0.4 is 0 Å². The molecule has 0 spiro atoms. The number of hydrogen-bond donors (Lipinski definition) is 0. The third kappa shape index (κ3) is 2.91. The van der Waals surface area contributed by atoms with Gasteiger partial charge in [-0.05, 0) is 38.0 Å². The Hall–Kier alpha value is -1.22. The fourth-order valence-corrected chi connectivity index (χ4v) is 2.24. The predicted molar refractivity (Wildman–Crippen MR) is 65.1 cm³/mol. The Balaban J connectivity index is 2.13. The van der Waals surface area contributed by atoms with E-state index in [4.69, 9.17) is 0 Å². The van der Waals surface area contributed by atoms with Crippen molar-refractivity contribution in [3.63, 3.8) is 0 Å². The van der Waals surface area contributed by atoms with Crippen molar-refractivity contribution in [2.45, 2.75) is 38.8 Å². The van der Waals surface area contributed by atoms with Crippen molar-refractivity contribution >= 4 is 5.78 Å². The molecule has 1 saturated heterocycles. The molecule has 0 N–H and O–H groups in total. The average Bonchev–Trinajstić information content (AvgIpc) is 2.24. The predicted octanol–water partition coefficient (Wildman–Crippen LogP) is 2.77. The van der Waals surface area contributed by atoms with Crippen LogP contribution in [0.3, 0.4) is 0 Å². The van der Waals surface area contributed by atoms with Crippen LogP contribution in [0.1, 0.15) is 32.3 Å². The van der Waals surface area contributed by atoms with E-state index in [2.05, 4.69) is 18.7 Å². The molecule has 1 aromatic carbocycles. The Bertz CT molecular complexity index is 428. The molecule has 0 saturated carbocycles. The highest BCUT2D eigenvalue weighted by molar-refractivity contribution is 5.81. The van der Waals surface area contributed by atoms with E-state index in [-0.39, 0.29) is 17.1 Å². The molecule has 0 bridgehead atoms. The van der Waals surface area contributed by atoms with Crippen LogP contribution in [0.4, 0.5) is 4.39 Å². The minimum absolute atomic E-state index is 0.0141. The second kappa shape index (κ2) is 4.57. The third-order valence-corrected chi connectivity index (χ3v) is 3.50. The Morgan fingerprint density at radius 1 is 1.41 bits per heavy atom. The summed E-state index contributed by atoms with van der Waals surface area (Å²) in [4.78, 5) is 13.6. The molecule has 92 valence electrons. The van der Waals surface area contributed by atoms with Gasteiger partial charge in [0.25, 0.3) is 0 Å². The van der Waals surface area contributed by atoms with E-state index < -0.39 is 0 Å². The van der Waals surface area contributed by atoms with Gasteiger partial charge in [-0.3, -0.25) is 9.69 Å². The van der Waals surface area contributed by atoms with E-state index in [1.165, 1.54) is 12.1 Å². The molecule has 0 unspecified atom stereocenters. The zero-order valence-corrected chi connectivity index (χ0v) is 10.4. The van der Waals surface area contributed by atoms with Crippen molar-refractivity contribution < 1.29 is 9.18 Å².